The van der Waals surface area contributed by atoms with E-state index in [-0.39, 0.29) is 17.1 Å². The van der Waals surface area contributed by atoms with Gasteiger partial charge in [-0.2, -0.15) is 0 Å². The lowest BCUT2D eigenvalue weighted by atomic mass is 9.88. The fourth-order valence-electron chi connectivity index (χ4n) is 3.01. The van der Waals surface area contributed by atoms with Gasteiger partial charge >= 0.3 is 5.97 Å². The zero-order valence-corrected chi connectivity index (χ0v) is 12.4. The molecule has 2 N–H and O–H groups in total. The molecule has 0 saturated carbocycles. The van der Waals surface area contributed by atoms with E-state index in [0.29, 0.717) is 5.56 Å². The second-order valence-corrected chi connectivity index (χ2v) is 5.57. The number of ether oxygens (including phenoxy) is 1. The number of methoxy groups -OCH3 is 1. The molecular formula is C18H18O4. The molecule has 0 bridgehead atoms. The highest BCUT2D eigenvalue weighted by molar-refractivity contribution is 5.92. The van der Waals surface area contributed by atoms with E-state index in [4.69, 9.17) is 4.74 Å². The summed E-state index contributed by atoms with van der Waals surface area (Å²) >= 11 is 0. The Kier molecular flexibility index (Phi) is 3.75. The van der Waals surface area contributed by atoms with Gasteiger partial charge in [-0.3, -0.25) is 0 Å². The Hall–Kier alpha value is -2.49. The summed E-state index contributed by atoms with van der Waals surface area (Å²) in [5.41, 5.74) is 4.03. The first kappa shape index (κ1) is 14.4. The Bertz CT molecular complexity index is 734. The summed E-state index contributed by atoms with van der Waals surface area (Å²) in [5, 5.41) is 19.6. The number of aryl methyl sites for hydroxylation is 2. The second-order valence-electron chi connectivity index (χ2n) is 5.57. The number of phenolic OH excluding ortho intramolecular Hbond substituents is 1. The van der Waals surface area contributed by atoms with Crippen molar-refractivity contribution in [2.45, 2.75) is 25.7 Å². The lowest BCUT2D eigenvalue weighted by Gasteiger charge is -2.17. The third-order valence-electron chi connectivity index (χ3n) is 4.20. The van der Waals surface area contributed by atoms with Crippen LogP contribution in [0.1, 0.15) is 34.3 Å². The summed E-state index contributed by atoms with van der Waals surface area (Å²) < 4.78 is 5.10. The average molecular weight is 298 g/mol. The predicted octanol–water partition coefficient (Wildman–Crippen LogP) is 3.64. The van der Waals surface area contributed by atoms with Gasteiger partial charge in [-0.25, -0.2) is 4.79 Å². The molecule has 1 aliphatic carbocycles. The first-order chi connectivity index (χ1) is 10.6. The molecule has 0 fully saturated rings. The Balaban J connectivity index is 2.14. The smallest absolute Gasteiger partial charge is 0.335 e. The number of fused-ring (bicyclic) bond motifs is 1. The van der Waals surface area contributed by atoms with Gasteiger partial charge in [0.15, 0.2) is 11.5 Å². The van der Waals surface area contributed by atoms with E-state index in [1.165, 1.54) is 43.2 Å². The highest BCUT2D eigenvalue weighted by Gasteiger charge is 2.17. The average Bonchev–Trinajstić information content (AvgIpc) is 2.54. The molecule has 2 aromatic carbocycles. The maximum absolute atomic E-state index is 11.3. The van der Waals surface area contributed by atoms with Crippen molar-refractivity contribution in [3.63, 3.8) is 0 Å². The molecule has 0 amide bonds. The zero-order valence-electron chi connectivity index (χ0n) is 12.4. The van der Waals surface area contributed by atoms with E-state index in [0.717, 1.165) is 18.4 Å². The van der Waals surface area contributed by atoms with Crippen molar-refractivity contribution in [1.82, 2.24) is 0 Å². The van der Waals surface area contributed by atoms with Crippen molar-refractivity contribution in [1.29, 1.82) is 0 Å². The predicted molar refractivity (Wildman–Crippen MR) is 83.7 cm³/mol. The van der Waals surface area contributed by atoms with Gasteiger partial charge in [-0.1, -0.05) is 18.2 Å². The van der Waals surface area contributed by atoms with Gasteiger partial charge in [-0.05, 0) is 54.5 Å². The van der Waals surface area contributed by atoms with Gasteiger partial charge < -0.3 is 14.9 Å². The first-order valence-corrected chi connectivity index (χ1v) is 7.36. The molecule has 0 unspecified atom stereocenters. The van der Waals surface area contributed by atoms with Gasteiger partial charge in [0.25, 0.3) is 0 Å². The summed E-state index contributed by atoms with van der Waals surface area (Å²) in [7, 11) is 1.41. The van der Waals surface area contributed by atoms with Crippen molar-refractivity contribution in [2.75, 3.05) is 7.11 Å². The van der Waals surface area contributed by atoms with Crippen LogP contribution in [0.3, 0.4) is 0 Å². The molecule has 0 aliphatic heterocycles. The van der Waals surface area contributed by atoms with Gasteiger partial charge in [0.1, 0.15) is 0 Å². The van der Waals surface area contributed by atoms with Gasteiger partial charge in [0, 0.05) is 5.56 Å². The Morgan fingerprint density at radius 2 is 1.82 bits per heavy atom. The van der Waals surface area contributed by atoms with Crippen LogP contribution in [0.4, 0.5) is 0 Å². The third-order valence-corrected chi connectivity index (χ3v) is 4.20. The minimum atomic E-state index is -1.04. The SMILES string of the molecule is COc1cc(C(=O)O)cc(-c2ccc3c(c2)CCCC3)c1O. The minimum Gasteiger partial charge on any atom is -0.504 e. The van der Waals surface area contributed by atoms with Gasteiger partial charge in [-0.15, -0.1) is 0 Å². The number of carboxylic acid groups (broad SMARTS) is 1. The molecular weight excluding hydrogens is 280 g/mol. The van der Waals surface area contributed by atoms with Crippen molar-refractivity contribution in [3.8, 4) is 22.6 Å². The number of rotatable bonds is 3. The molecule has 114 valence electrons. The number of benzene rings is 2. The van der Waals surface area contributed by atoms with Crippen molar-refractivity contribution >= 4 is 5.97 Å². The number of hydrogen-bond donors (Lipinski definition) is 2. The molecule has 0 atom stereocenters. The van der Waals surface area contributed by atoms with Gasteiger partial charge in [0.2, 0.25) is 0 Å². The third kappa shape index (κ3) is 2.52. The quantitative estimate of drug-likeness (QED) is 0.907. The molecule has 0 heterocycles. The summed E-state index contributed by atoms with van der Waals surface area (Å²) in [6, 6.07) is 8.88. The monoisotopic (exact) mass is 298 g/mol. The number of carbonyl (C=O) groups is 1. The second kappa shape index (κ2) is 5.72. The van der Waals surface area contributed by atoms with E-state index in [2.05, 4.69) is 12.1 Å². The largest absolute Gasteiger partial charge is 0.504 e. The lowest BCUT2D eigenvalue weighted by Crippen LogP contribution is -2.03. The van der Waals surface area contributed by atoms with E-state index < -0.39 is 5.97 Å². The number of hydrogen-bond acceptors (Lipinski definition) is 3. The van der Waals surface area contributed by atoms with Crippen LogP contribution in [0.15, 0.2) is 30.3 Å². The summed E-state index contributed by atoms with van der Waals surface area (Å²) in [6.07, 6.45) is 4.49. The van der Waals surface area contributed by atoms with E-state index >= 15 is 0 Å². The topological polar surface area (TPSA) is 66.8 Å². The maximum Gasteiger partial charge on any atom is 0.335 e. The summed E-state index contributed by atoms with van der Waals surface area (Å²) in [5.74, 6) is -0.895. The number of aromatic carboxylic acids is 1. The normalized spacial score (nSPS) is 13.5. The molecule has 4 heteroatoms. The van der Waals surface area contributed by atoms with Crippen LogP contribution in [0, 0.1) is 0 Å². The maximum atomic E-state index is 11.3. The Labute approximate surface area is 129 Å². The highest BCUT2D eigenvalue weighted by atomic mass is 16.5. The zero-order chi connectivity index (χ0) is 15.7. The standard InChI is InChI=1S/C18H18O4/c1-22-16-10-14(18(20)21)9-15(17(16)19)13-7-6-11-4-2-3-5-12(11)8-13/h6-10,19H,2-5H2,1H3,(H,20,21). The van der Waals surface area contributed by atoms with Crippen LogP contribution in [0.25, 0.3) is 11.1 Å². The highest BCUT2D eigenvalue weighted by Crippen LogP contribution is 2.39. The van der Waals surface area contributed by atoms with Crippen LogP contribution in [0.5, 0.6) is 11.5 Å². The van der Waals surface area contributed by atoms with Crippen LogP contribution < -0.4 is 4.74 Å². The van der Waals surface area contributed by atoms with Gasteiger partial charge in [0.05, 0.1) is 12.7 Å². The van der Waals surface area contributed by atoms with Crippen LogP contribution in [-0.2, 0) is 12.8 Å². The molecule has 2 aromatic rings. The molecule has 4 nitrogen and oxygen atoms in total. The Morgan fingerprint density at radius 3 is 2.50 bits per heavy atom. The molecule has 0 spiro atoms. The Morgan fingerprint density at radius 1 is 1.09 bits per heavy atom. The molecule has 3 rings (SSSR count). The molecule has 1 aliphatic rings. The van der Waals surface area contributed by atoms with E-state index in [9.17, 15) is 15.0 Å². The number of aromatic hydroxyl groups is 1. The number of phenols is 1. The molecule has 0 aromatic heterocycles. The minimum absolute atomic E-state index is 0.0248. The van der Waals surface area contributed by atoms with Crippen molar-refractivity contribution in [2.24, 2.45) is 0 Å². The fraction of sp³-hybridized carbons (Fsp3) is 0.278. The van der Waals surface area contributed by atoms with E-state index in [1.54, 1.807) is 0 Å². The van der Waals surface area contributed by atoms with Crippen LogP contribution in [0.2, 0.25) is 0 Å². The first-order valence-electron chi connectivity index (χ1n) is 7.36. The molecule has 0 saturated heterocycles. The van der Waals surface area contributed by atoms with Crippen molar-refractivity contribution in [3.05, 3.63) is 47.0 Å². The van der Waals surface area contributed by atoms with E-state index in [1.807, 2.05) is 6.07 Å². The number of carboxylic acids is 1. The summed E-state index contributed by atoms with van der Waals surface area (Å²) in [4.78, 5) is 11.3. The molecule has 22 heavy (non-hydrogen) atoms. The van der Waals surface area contributed by atoms with Crippen LogP contribution >= 0.6 is 0 Å². The fourth-order valence-corrected chi connectivity index (χ4v) is 3.01. The summed E-state index contributed by atoms with van der Waals surface area (Å²) in [6.45, 7) is 0. The lowest BCUT2D eigenvalue weighted by molar-refractivity contribution is 0.0696. The van der Waals surface area contributed by atoms with Crippen molar-refractivity contribution < 1.29 is 19.7 Å². The van der Waals surface area contributed by atoms with Crippen LogP contribution in [-0.4, -0.2) is 23.3 Å². The molecule has 0 radical (unpaired) electrons.